The summed E-state index contributed by atoms with van der Waals surface area (Å²) in [6.07, 6.45) is -4.76. The lowest BCUT2D eigenvalue weighted by molar-refractivity contribution is -0.144. The molecule has 1 aromatic heterocycles. The molecule has 4 rings (SSSR count). The van der Waals surface area contributed by atoms with E-state index in [1.54, 1.807) is 41.3 Å². The van der Waals surface area contributed by atoms with Gasteiger partial charge in [-0.3, -0.25) is 0 Å². The van der Waals surface area contributed by atoms with Crippen molar-refractivity contribution in [3.63, 3.8) is 0 Å². The molecule has 1 saturated heterocycles. The van der Waals surface area contributed by atoms with Crippen LogP contribution in [0.25, 0.3) is 22.4 Å². The Kier molecular flexibility index (Phi) is 6.12. The number of sulfonamides is 1. The number of hydrogen-bond acceptors (Lipinski definition) is 6. The fraction of sp³-hybridized carbons (Fsp3) is 0.273. The first kappa shape index (κ1) is 23.1. The SMILES string of the molecule is C[C@H]1CN(c2nc(C(F)(F)F)nc(-c3ccccc3)c2-c2cccc(S(N)(=O)=O)c2)CCN1. The molecule has 33 heavy (non-hydrogen) atoms. The molecule has 1 atom stereocenters. The first-order valence-corrected chi connectivity index (χ1v) is 11.7. The number of primary sulfonamides is 1. The van der Waals surface area contributed by atoms with Crippen molar-refractivity contribution in [1.82, 2.24) is 15.3 Å². The highest BCUT2D eigenvalue weighted by Crippen LogP contribution is 2.41. The van der Waals surface area contributed by atoms with Gasteiger partial charge >= 0.3 is 6.18 Å². The summed E-state index contributed by atoms with van der Waals surface area (Å²) in [5, 5.41) is 8.56. The summed E-state index contributed by atoms with van der Waals surface area (Å²) in [7, 11) is -4.03. The lowest BCUT2D eigenvalue weighted by Gasteiger charge is -2.34. The summed E-state index contributed by atoms with van der Waals surface area (Å²) in [4.78, 5) is 9.45. The van der Waals surface area contributed by atoms with Crippen LogP contribution in [0.2, 0.25) is 0 Å². The van der Waals surface area contributed by atoms with Gasteiger partial charge in [-0.05, 0) is 24.6 Å². The summed E-state index contributed by atoms with van der Waals surface area (Å²) >= 11 is 0. The summed E-state index contributed by atoms with van der Waals surface area (Å²) < 4.78 is 65.4. The zero-order valence-electron chi connectivity index (χ0n) is 17.7. The Morgan fingerprint density at radius 1 is 1.06 bits per heavy atom. The van der Waals surface area contributed by atoms with Gasteiger partial charge in [-0.2, -0.15) is 13.2 Å². The van der Waals surface area contributed by atoms with Crippen LogP contribution in [-0.2, 0) is 16.2 Å². The normalized spacial score (nSPS) is 17.2. The highest BCUT2D eigenvalue weighted by atomic mass is 32.2. The number of nitrogens with zero attached hydrogens (tertiary/aromatic N) is 3. The first-order valence-electron chi connectivity index (χ1n) is 10.2. The van der Waals surface area contributed by atoms with E-state index >= 15 is 0 Å². The maximum atomic E-state index is 13.8. The van der Waals surface area contributed by atoms with Crippen LogP contribution in [0.3, 0.4) is 0 Å². The van der Waals surface area contributed by atoms with Crippen molar-refractivity contribution in [2.45, 2.75) is 24.0 Å². The number of piperazine rings is 1. The predicted molar refractivity (Wildman–Crippen MR) is 119 cm³/mol. The maximum absolute atomic E-state index is 13.8. The number of benzene rings is 2. The van der Waals surface area contributed by atoms with Crippen LogP contribution in [0.15, 0.2) is 59.5 Å². The van der Waals surface area contributed by atoms with Gasteiger partial charge in [0.25, 0.3) is 0 Å². The molecule has 2 heterocycles. The van der Waals surface area contributed by atoms with Crippen molar-refractivity contribution in [2.24, 2.45) is 5.14 Å². The monoisotopic (exact) mass is 477 g/mol. The van der Waals surface area contributed by atoms with Gasteiger partial charge in [-0.15, -0.1) is 0 Å². The molecule has 3 N–H and O–H groups in total. The van der Waals surface area contributed by atoms with E-state index in [4.69, 9.17) is 5.14 Å². The minimum absolute atomic E-state index is 0.0202. The van der Waals surface area contributed by atoms with Gasteiger partial charge in [0.2, 0.25) is 15.8 Å². The van der Waals surface area contributed by atoms with Crippen LogP contribution < -0.4 is 15.4 Å². The van der Waals surface area contributed by atoms with Crippen LogP contribution in [0, 0.1) is 0 Å². The van der Waals surface area contributed by atoms with Crippen molar-refractivity contribution in [3.8, 4) is 22.4 Å². The predicted octanol–water partition coefficient (Wildman–Crippen LogP) is 3.27. The van der Waals surface area contributed by atoms with E-state index in [0.717, 1.165) is 0 Å². The van der Waals surface area contributed by atoms with Crippen LogP contribution in [0.1, 0.15) is 12.7 Å². The van der Waals surface area contributed by atoms with Gasteiger partial charge in [0.05, 0.1) is 16.2 Å². The fourth-order valence-electron chi connectivity index (χ4n) is 3.83. The summed E-state index contributed by atoms with van der Waals surface area (Å²) in [6, 6.07) is 14.2. The zero-order chi connectivity index (χ0) is 23.8. The Morgan fingerprint density at radius 3 is 2.39 bits per heavy atom. The number of alkyl halides is 3. The smallest absolute Gasteiger partial charge is 0.353 e. The summed E-state index contributed by atoms with van der Waals surface area (Å²) in [6.45, 7) is 3.33. The Hall–Kier alpha value is -3.02. The molecule has 0 amide bonds. The lowest BCUT2D eigenvalue weighted by atomic mass is 9.98. The topological polar surface area (TPSA) is 101 Å². The van der Waals surface area contributed by atoms with Gasteiger partial charge in [0.1, 0.15) is 5.82 Å². The van der Waals surface area contributed by atoms with E-state index in [-0.39, 0.29) is 22.4 Å². The third-order valence-corrected chi connectivity index (χ3v) is 6.22. The molecule has 3 aromatic rings. The molecular formula is C22H22F3N5O2S. The molecule has 11 heteroatoms. The summed E-state index contributed by atoms with van der Waals surface area (Å²) in [5.74, 6) is -1.16. The van der Waals surface area contributed by atoms with Crippen molar-refractivity contribution in [2.75, 3.05) is 24.5 Å². The van der Waals surface area contributed by atoms with E-state index in [1.807, 2.05) is 6.92 Å². The number of hydrogen-bond donors (Lipinski definition) is 2. The Bertz CT molecular complexity index is 1270. The second-order valence-electron chi connectivity index (χ2n) is 7.83. The molecule has 2 aromatic carbocycles. The second-order valence-corrected chi connectivity index (χ2v) is 9.39. The Balaban J connectivity index is 2.06. The van der Waals surface area contributed by atoms with Gasteiger partial charge in [-0.1, -0.05) is 42.5 Å². The van der Waals surface area contributed by atoms with Crippen LogP contribution in [0.4, 0.5) is 19.0 Å². The van der Waals surface area contributed by atoms with Crippen molar-refractivity contribution in [1.29, 1.82) is 0 Å². The molecule has 0 unspecified atom stereocenters. The van der Waals surface area contributed by atoms with Gasteiger partial charge in [-0.25, -0.2) is 23.5 Å². The summed E-state index contributed by atoms with van der Waals surface area (Å²) in [5.41, 5.74) is 1.18. The zero-order valence-corrected chi connectivity index (χ0v) is 18.5. The molecule has 1 fully saturated rings. The molecule has 7 nitrogen and oxygen atoms in total. The van der Waals surface area contributed by atoms with E-state index in [0.29, 0.717) is 36.3 Å². The average Bonchev–Trinajstić information content (AvgIpc) is 2.78. The standard InChI is InChI=1S/C22H22F3N5O2S/c1-14-13-30(11-10-27-14)20-18(16-8-5-9-17(12-16)33(26,31)32)19(15-6-3-2-4-7-15)28-21(29-20)22(23,24)25/h2-9,12,14,27H,10-11,13H2,1H3,(H2,26,31,32)/t14-/m0/s1. The number of nitrogens with two attached hydrogens (primary N) is 1. The van der Waals surface area contributed by atoms with Crippen LogP contribution in [0.5, 0.6) is 0 Å². The molecular weight excluding hydrogens is 455 g/mol. The molecule has 0 radical (unpaired) electrons. The minimum atomic E-state index is -4.76. The van der Waals surface area contributed by atoms with Gasteiger partial charge in [0.15, 0.2) is 0 Å². The second kappa shape index (κ2) is 8.73. The van der Waals surface area contributed by atoms with Gasteiger partial charge in [0, 0.05) is 31.2 Å². The number of nitrogens with one attached hydrogen (secondary N) is 1. The lowest BCUT2D eigenvalue weighted by Crippen LogP contribution is -2.49. The first-order chi connectivity index (χ1) is 15.5. The number of anilines is 1. The van der Waals surface area contributed by atoms with Crippen LogP contribution in [-0.4, -0.2) is 44.1 Å². The molecule has 1 aliphatic rings. The highest BCUT2D eigenvalue weighted by Gasteiger charge is 2.38. The van der Waals surface area contributed by atoms with Crippen molar-refractivity contribution < 1.29 is 21.6 Å². The third-order valence-electron chi connectivity index (χ3n) is 5.31. The molecule has 0 spiro atoms. The van der Waals surface area contributed by atoms with E-state index in [1.165, 1.54) is 18.2 Å². The quantitative estimate of drug-likeness (QED) is 0.598. The Labute approximate surface area is 189 Å². The largest absolute Gasteiger partial charge is 0.451 e. The van der Waals surface area contributed by atoms with E-state index in [9.17, 15) is 21.6 Å². The molecule has 174 valence electrons. The van der Waals surface area contributed by atoms with Crippen molar-refractivity contribution >= 4 is 15.8 Å². The van der Waals surface area contributed by atoms with Gasteiger partial charge < -0.3 is 10.2 Å². The van der Waals surface area contributed by atoms with E-state index in [2.05, 4.69) is 15.3 Å². The van der Waals surface area contributed by atoms with Crippen molar-refractivity contribution in [3.05, 3.63) is 60.4 Å². The van der Waals surface area contributed by atoms with E-state index < -0.39 is 22.0 Å². The third kappa shape index (κ3) is 5.00. The number of aromatic nitrogens is 2. The fourth-order valence-corrected chi connectivity index (χ4v) is 4.39. The molecule has 0 bridgehead atoms. The minimum Gasteiger partial charge on any atom is -0.353 e. The molecule has 1 aliphatic heterocycles. The number of rotatable bonds is 4. The molecule has 0 aliphatic carbocycles. The average molecular weight is 478 g/mol. The number of halogens is 3. The Morgan fingerprint density at radius 2 is 1.76 bits per heavy atom. The van der Waals surface area contributed by atoms with Crippen LogP contribution >= 0.6 is 0 Å². The highest BCUT2D eigenvalue weighted by molar-refractivity contribution is 7.89. The molecule has 0 saturated carbocycles. The maximum Gasteiger partial charge on any atom is 0.451 e.